The topological polar surface area (TPSA) is 92.6 Å². The Morgan fingerprint density at radius 1 is 1.32 bits per heavy atom. The highest BCUT2D eigenvalue weighted by Gasteiger charge is 2.26. The van der Waals surface area contributed by atoms with Crippen molar-refractivity contribution in [2.45, 2.75) is 4.90 Å². The Kier molecular flexibility index (Phi) is 4.66. The Bertz CT molecular complexity index is 874. The van der Waals surface area contributed by atoms with Crippen molar-refractivity contribution in [1.82, 2.24) is 0 Å². The normalized spacial score (nSPS) is 13.3. The molecule has 0 aromatic heterocycles. The van der Waals surface area contributed by atoms with E-state index in [-0.39, 0.29) is 29.6 Å². The molecule has 9 heteroatoms. The summed E-state index contributed by atoms with van der Waals surface area (Å²) >= 11 is 1.38. The minimum Gasteiger partial charge on any atom is -0.322 e. The summed E-state index contributed by atoms with van der Waals surface area (Å²) in [5.74, 6) is -1.47. The Morgan fingerprint density at radius 3 is 2.84 bits per heavy atom. The van der Waals surface area contributed by atoms with Gasteiger partial charge in [0, 0.05) is 17.0 Å². The molecule has 2 aromatic rings. The highest BCUT2D eigenvalue weighted by atomic mass is 32.2. The number of amides is 2. The Morgan fingerprint density at radius 2 is 2.08 bits per heavy atom. The standard InChI is InChI=1S/C16H12FN3O4S/c17-11-6-5-10(20(23)24)7-12(11)18-15(21)8-19-13-3-1-2-4-14(13)25-9-16(19)22/h1-7H,8-9H2,(H,18,21). The summed E-state index contributed by atoms with van der Waals surface area (Å²) in [6.07, 6.45) is 0. The van der Waals surface area contributed by atoms with E-state index in [0.717, 1.165) is 23.1 Å². The second-order valence-electron chi connectivity index (χ2n) is 5.21. The second kappa shape index (κ2) is 6.89. The van der Waals surface area contributed by atoms with E-state index in [4.69, 9.17) is 0 Å². The number of nitrogens with zero attached hydrogens (tertiary/aromatic N) is 2. The molecule has 7 nitrogen and oxygen atoms in total. The molecule has 1 N–H and O–H groups in total. The molecule has 2 amide bonds. The quantitative estimate of drug-likeness (QED) is 0.668. The smallest absolute Gasteiger partial charge is 0.271 e. The molecule has 0 bridgehead atoms. The number of para-hydroxylation sites is 1. The maximum absolute atomic E-state index is 13.8. The highest BCUT2D eigenvalue weighted by molar-refractivity contribution is 8.00. The fourth-order valence-corrected chi connectivity index (χ4v) is 3.32. The van der Waals surface area contributed by atoms with Gasteiger partial charge in [0.2, 0.25) is 11.8 Å². The number of nitrogens with one attached hydrogen (secondary N) is 1. The maximum Gasteiger partial charge on any atom is 0.271 e. The third-order valence-electron chi connectivity index (χ3n) is 3.54. The van der Waals surface area contributed by atoms with Gasteiger partial charge in [-0.25, -0.2) is 4.39 Å². The number of rotatable bonds is 4. The van der Waals surface area contributed by atoms with Crippen LogP contribution in [0.2, 0.25) is 0 Å². The van der Waals surface area contributed by atoms with E-state index in [1.54, 1.807) is 12.1 Å². The zero-order valence-electron chi connectivity index (χ0n) is 12.8. The van der Waals surface area contributed by atoms with Crippen LogP contribution in [0, 0.1) is 15.9 Å². The summed E-state index contributed by atoms with van der Waals surface area (Å²) in [6, 6.07) is 10.0. The van der Waals surface area contributed by atoms with Crippen molar-refractivity contribution >= 4 is 40.6 Å². The van der Waals surface area contributed by atoms with E-state index in [2.05, 4.69) is 5.32 Å². The summed E-state index contributed by atoms with van der Waals surface area (Å²) in [4.78, 5) is 36.6. The Labute approximate surface area is 146 Å². The van der Waals surface area contributed by atoms with Crippen LogP contribution in [0.5, 0.6) is 0 Å². The molecular weight excluding hydrogens is 349 g/mol. The van der Waals surface area contributed by atoms with Crippen LogP contribution < -0.4 is 10.2 Å². The molecule has 0 saturated heterocycles. The maximum atomic E-state index is 13.8. The van der Waals surface area contributed by atoms with Crippen molar-refractivity contribution in [3.05, 3.63) is 58.4 Å². The molecule has 3 rings (SSSR count). The number of anilines is 2. The average Bonchev–Trinajstić information content (AvgIpc) is 2.59. The predicted octanol–water partition coefficient (Wildman–Crippen LogP) is 2.81. The summed E-state index contributed by atoms with van der Waals surface area (Å²) in [7, 11) is 0. The third kappa shape index (κ3) is 3.61. The SMILES string of the molecule is O=C(CN1C(=O)CSc2ccccc21)Nc1cc([N+](=O)[O-])ccc1F. The van der Waals surface area contributed by atoms with Crippen LogP contribution in [-0.4, -0.2) is 29.0 Å². The number of non-ortho nitro benzene ring substituents is 1. The minimum absolute atomic E-state index is 0.204. The van der Waals surface area contributed by atoms with Crippen molar-refractivity contribution in [1.29, 1.82) is 0 Å². The van der Waals surface area contributed by atoms with Crippen LogP contribution >= 0.6 is 11.8 Å². The van der Waals surface area contributed by atoms with Gasteiger partial charge in [0.15, 0.2) is 0 Å². The third-order valence-corrected chi connectivity index (χ3v) is 4.59. The van der Waals surface area contributed by atoms with Crippen molar-refractivity contribution in [3.63, 3.8) is 0 Å². The summed E-state index contributed by atoms with van der Waals surface area (Å²) < 4.78 is 13.8. The zero-order valence-corrected chi connectivity index (χ0v) is 13.6. The Hall–Kier alpha value is -2.94. The van der Waals surface area contributed by atoms with Gasteiger partial charge in [0.1, 0.15) is 12.4 Å². The number of nitro groups is 1. The molecule has 0 saturated carbocycles. The van der Waals surface area contributed by atoms with Crippen LogP contribution in [0.4, 0.5) is 21.5 Å². The van der Waals surface area contributed by atoms with Gasteiger partial charge < -0.3 is 10.2 Å². The molecule has 0 unspecified atom stereocenters. The molecule has 1 aliphatic rings. The minimum atomic E-state index is -0.792. The van der Waals surface area contributed by atoms with Crippen molar-refractivity contribution in [3.8, 4) is 0 Å². The number of fused-ring (bicyclic) bond motifs is 1. The van der Waals surface area contributed by atoms with Gasteiger partial charge in [-0.15, -0.1) is 11.8 Å². The molecule has 0 fully saturated rings. The first-order valence-electron chi connectivity index (χ1n) is 7.21. The largest absolute Gasteiger partial charge is 0.322 e. The lowest BCUT2D eigenvalue weighted by atomic mass is 10.2. The molecule has 25 heavy (non-hydrogen) atoms. The second-order valence-corrected chi connectivity index (χ2v) is 6.22. The van der Waals surface area contributed by atoms with E-state index < -0.39 is 16.6 Å². The molecule has 1 heterocycles. The van der Waals surface area contributed by atoms with Gasteiger partial charge in [-0.05, 0) is 18.2 Å². The first-order valence-corrected chi connectivity index (χ1v) is 8.20. The van der Waals surface area contributed by atoms with Gasteiger partial charge in [-0.2, -0.15) is 0 Å². The summed E-state index contributed by atoms with van der Waals surface area (Å²) in [5.41, 5.74) is -0.0303. The molecule has 128 valence electrons. The number of halogens is 1. The Balaban J connectivity index is 1.78. The molecule has 0 atom stereocenters. The highest BCUT2D eigenvalue weighted by Crippen LogP contribution is 2.34. The lowest BCUT2D eigenvalue weighted by Crippen LogP contribution is -2.41. The van der Waals surface area contributed by atoms with Crippen LogP contribution in [0.1, 0.15) is 0 Å². The van der Waals surface area contributed by atoms with Crippen LogP contribution in [0.15, 0.2) is 47.4 Å². The summed E-state index contributed by atoms with van der Waals surface area (Å²) in [6.45, 7) is -0.307. The monoisotopic (exact) mass is 361 g/mol. The van der Waals surface area contributed by atoms with Gasteiger partial charge in [0.25, 0.3) is 5.69 Å². The fraction of sp³-hybridized carbons (Fsp3) is 0.125. The number of thioether (sulfide) groups is 1. The van der Waals surface area contributed by atoms with E-state index in [0.29, 0.717) is 5.69 Å². The van der Waals surface area contributed by atoms with Crippen molar-refractivity contribution in [2.24, 2.45) is 0 Å². The summed E-state index contributed by atoms with van der Waals surface area (Å²) in [5, 5.41) is 13.0. The molecule has 1 aliphatic heterocycles. The van der Waals surface area contributed by atoms with Crippen LogP contribution in [0.25, 0.3) is 0 Å². The molecular formula is C16H12FN3O4S. The van der Waals surface area contributed by atoms with E-state index in [9.17, 15) is 24.1 Å². The van der Waals surface area contributed by atoms with E-state index >= 15 is 0 Å². The van der Waals surface area contributed by atoms with Crippen LogP contribution in [-0.2, 0) is 9.59 Å². The number of benzene rings is 2. The first-order chi connectivity index (χ1) is 12.0. The number of nitro benzene ring substituents is 1. The molecule has 0 spiro atoms. The lowest BCUT2D eigenvalue weighted by molar-refractivity contribution is -0.384. The predicted molar refractivity (Wildman–Crippen MR) is 91.2 cm³/mol. The number of carbonyl (C=O) groups is 2. The van der Waals surface area contributed by atoms with Gasteiger partial charge in [-0.3, -0.25) is 19.7 Å². The van der Waals surface area contributed by atoms with E-state index in [1.807, 2.05) is 12.1 Å². The molecule has 0 aliphatic carbocycles. The average molecular weight is 361 g/mol. The number of hydrogen-bond donors (Lipinski definition) is 1. The van der Waals surface area contributed by atoms with E-state index in [1.165, 1.54) is 16.7 Å². The van der Waals surface area contributed by atoms with Gasteiger partial charge >= 0.3 is 0 Å². The lowest BCUT2D eigenvalue weighted by Gasteiger charge is -2.28. The van der Waals surface area contributed by atoms with Gasteiger partial charge in [-0.1, -0.05) is 12.1 Å². The molecule has 0 radical (unpaired) electrons. The van der Waals surface area contributed by atoms with Crippen LogP contribution in [0.3, 0.4) is 0 Å². The number of carbonyl (C=O) groups excluding carboxylic acids is 2. The van der Waals surface area contributed by atoms with Crippen molar-refractivity contribution < 1.29 is 18.9 Å². The van der Waals surface area contributed by atoms with Gasteiger partial charge in [0.05, 0.1) is 22.1 Å². The fourth-order valence-electron chi connectivity index (χ4n) is 2.38. The van der Waals surface area contributed by atoms with Crippen molar-refractivity contribution in [2.75, 3.05) is 22.5 Å². The number of hydrogen-bond acceptors (Lipinski definition) is 5. The molecule has 2 aromatic carbocycles. The zero-order chi connectivity index (χ0) is 18.0. The first kappa shape index (κ1) is 16.9.